The summed E-state index contributed by atoms with van der Waals surface area (Å²) in [4.78, 5) is 2.39. The molecular formula is C10H19NO2. The highest BCUT2D eigenvalue weighted by atomic mass is 16.5. The first-order valence-electron chi connectivity index (χ1n) is 5.19. The number of β-amino-alcohol motifs (C(OH)–C–C–N with tert-alkyl or cyclic N) is 1. The van der Waals surface area contributed by atoms with Crippen molar-refractivity contribution < 1.29 is 9.84 Å². The lowest BCUT2D eigenvalue weighted by Crippen LogP contribution is -2.66. The summed E-state index contributed by atoms with van der Waals surface area (Å²) in [5.41, 5.74) is -0.544. The van der Waals surface area contributed by atoms with Gasteiger partial charge in [-0.1, -0.05) is 12.8 Å². The fourth-order valence-corrected chi connectivity index (χ4v) is 2.60. The second kappa shape index (κ2) is 3.56. The van der Waals surface area contributed by atoms with Crippen molar-refractivity contribution in [3.8, 4) is 0 Å². The lowest BCUT2D eigenvalue weighted by Gasteiger charge is -2.49. The summed E-state index contributed by atoms with van der Waals surface area (Å²) in [6.07, 6.45) is 5.37. The van der Waals surface area contributed by atoms with Crippen LogP contribution in [0.3, 0.4) is 0 Å². The van der Waals surface area contributed by atoms with Gasteiger partial charge in [-0.2, -0.15) is 0 Å². The third-order valence-corrected chi connectivity index (χ3v) is 3.25. The molecule has 0 atom stereocenters. The van der Waals surface area contributed by atoms with Crippen LogP contribution in [0.25, 0.3) is 0 Å². The van der Waals surface area contributed by atoms with Gasteiger partial charge in [0.2, 0.25) is 0 Å². The van der Waals surface area contributed by atoms with Crippen molar-refractivity contribution in [3.63, 3.8) is 0 Å². The highest BCUT2D eigenvalue weighted by Crippen LogP contribution is 2.31. The monoisotopic (exact) mass is 185 g/mol. The van der Waals surface area contributed by atoms with Gasteiger partial charge >= 0.3 is 0 Å². The first-order valence-corrected chi connectivity index (χ1v) is 5.19. The molecule has 0 amide bonds. The number of hydrogen-bond acceptors (Lipinski definition) is 3. The van der Waals surface area contributed by atoms with E-state index in [1.807, 2.05) is 0 Å². The van der Waals surface area contributed by atoms with Crippen molar-refractivity contribution in [2.75, 3.05) is 26.8 Å². The van der Waals surface area contributed by atoms with Crippen LogP contribution in [0.1, 0.15) is 25.7 Å². The third-order valence-electron chi connectivity index (χ3n) is 3.25. The zero-order valence-corrected chi connectivity index (χ0v) is 8.33. The van der Waals surface area contributed by atoms with Crippen molar-refractivity contribution in [1.29, 1.82) is 0 Å². The molecule has 0 bridgehead atoms. The predicted octanol–water partition coefficient (Wildman–Crippen LogP) is 0.622. The number of aliphatic hydroxyl groups is 1. The Hall–Kier alpha value is -0.120. The summed E-state index contributed by atoms with van der Waals surface area (Å²) in [5, 5.41) is 9.87. The smallest absolute Gasteiger partial charge is 0.113 e. The fraction of sp³-hybridized carbons (Fsp3) is 1.00. The summed E-state index contributed by atoms with van der Waals surface area (Å²) in [6, 6.07) is 0.747. The van der Waals surface area contributed by atoms with Gasteiger partial charge in [0.15, 0.2) is 0 Å². The molecule has 3 heteroatoms. The minimum Gasteiger partial charge on any atom is -0.385 e. The van der Waals surface area contributed by atoms with Gasteiger partial charge < -0.3 is 9.84 Å². The molecule has 3 nitrogen and oxygen atoms in total. The average molecular weight is 185 g/mol. The van der Waals surface area contributed by atoms with E-state index < -0.39 is 5.60 Å². The zero-order valence-electron chi connectivity index (χ0n) is 8.33. The molecule has 0 radical (unpaired) electrons. The minimum atomic E-state index is -0.544. The average Bonchev–Trinajstić information content (AvgIpc) is 2.52. The molecule has 1 saturated heterocycles. The van der Waals surface area contributed by atoms with E-state index >= 15 is 0 Å². The number of hydrogen-bond donors (Lipinski definition) is 1. The van der Waals surface area contributed by atoms with Gasteiger partial charge in [0.05, 0.1) is 6.61 Å². The molecule has 2 rings (SSSR count). The van der Waals surface area contributed by atoms with Crippen LogP contribution in [0, 0.1) is 0 Å². The summed E-state index contributed by atoms with van der Waals surface area (Å²) in [7, 11) is 1.65. The quantitative estimate of drug-likeness (QED) is 0.699. The standard InChI is InChI=1S/C10H19NO2/c1-13-8-10(12)6-11(7-10)9-4-2-3-5-9/h9,12H,2-8H2,1H3. The van der Waals surface area contributed by atoms with Gasteiger partial charge in [-0.3, -0.25) is 4.90 Å². The van der Waals surface area contributed by atoms with Crippen LogP contribution in [0.15, 0.2) is 0 Å². The van der Waals surface area contributed by atoms with E-state index in [1.165, 1.54) is 25.7 Å². The molecule has 1 N–H and O–H groups in total. The first kappa shape index (κ1) is 9.44. The summed E-state index contributed by atoms with van der Waals surface area (Å²) in [5.74, 6) is 0. The largest absolute Gasteiger partial charge is 0.385 e. The normalized spacial score (nSPS) is 29.1. The molecular weight excluding hydrogens is 166 g/mol. The van der Waals surface area contributed by atoms with Crippen LogP contribution in [0.4, 0.5) is 0 Å². The molecule has 13 heavy (non-hydrogen) atoms. The van der Waals surface area contributed by atoms with Gasteiger partial charge in [0, 0.05) is 26.2 Å². The van der Waals surface area contributed by atoms with Gasteiger partial charge in [-0.25, -0.2) is 0 Å². The first-order chi connectivity index (χ1) is 6.23. The Labute approximate surface area is 79.7 Å². The second-order valence-electron chi connectivity index (χ2n) is 4.50. The molecule has 1 saturated carbocycles. The minimum absolute atomic E-state index is 0.482. The topological polar surface area (TPSA) is 32.7 Å². The van der Waals surface area contributed by atoms with E-state index in [-0.39, 0.29) is 0 Å². The summed E-state index contributed by atoms with van der Waals surface area (Å²) in [6.45, 7) is 2.10. The SMILES string of the molecule is COCC1(O)CN(C2CCCC2)C1. The Morgan fingerprint density at radius 2 is 2.00 bits per heavy atom. The molecule has 0 aromatic carbocycles. The van der Waals surface area contributed by atoms with Crippen molar-refractivity contribution in [3.05, 3.63) is 0 Å². The van der Waals surface area contributed by atoms with Gasteiger partial charge in [-0.15, -0.1) is 0 Å². The van der Waals surface area contributed by atoms with Gasteiger partial charge in [-0.05, 0) is 12.8 Å². The van der Waals surface area contributed by atoms with E-state index in [2.05, 4.69) is 4.90 Å². The van der Waals surface area contributed by atoms with E-state index in [4.69, 9.17) is 4.74 Å². The predicted molar refractivity (Wildman–Crippen MR) is 50.7 cm³/mol. The molecule has 2 fully saturated rings. The summed E-state index contributed by atoms with van der Waals surface area (Å²) < 4.78 is 4.98. The Kier molecular flexibility index (Phi) is 2.58. The molecule has 0 unspecified atom stereocenters. The van der Waals surface area contributed by atoms with E-state index in [0.717, 1.165) is 19.1 Å². The van der Waals surface area contributed by atoms with Gasteiger partial charge in [0.25, 0.3) is 0 Å². The van der Waals surface area contributed by atoms with E-state index in [1.54, 1.807) is 7.11 Å². The van der Waals surface area contributed by atoms with Crippen LogP contribution >= 0.6 is 0 Å². The number of methoxy groups -OCH3 is 1. The maximum absolute atomic E-state index is 9.87. The molecule has 0 aromatic rings. The maximum atomic E-state index is 9.87. The van der Waals surface area contributed by atoms with Crippen LogP contribution < -0.4 is 0 Å². The highest BCUT2D eigenvalue weighted by Gasteiger charge is 2.44. The lowest BCUT2D eigenvalue weighted by molar-refractivity contribution is -0.145. The molecule has 0 aromatic heterocycles. The fourth-order valence-electron chi connectivity index (χ4n) is 2.60. The molecule has 2 aliphatic rings. The van der Waals surface area contributed by atoms with Gasteiger partial charge in [0.1, 0.15) is 5.60 Å². The molecule has 1 aliphatic heterocycles. The molecule has 1 aliphatic carbocycles. The second-order valence-corrected chi connectivity index (χ2v) is 4.50. The Bertz CT molecular complexity index is 172. The maximum Gasteiger partial charge on any atom is 0.113 e. The molecule has 1 heterocycles. The van der Waals surface area contributed by atoms with Crippen LogP contribution in [0.5, 0.6) is 0 Å². The number of rotatable bonds is 3. The Morgan fingerprint density at radius 3 is 2.54 bits per heavy atom. The number of likely N-dealkylation sites (tertiary alicyclic amines) is 1. The number of ether oxygens (including phenoxy) is 1. The van der Waals surface area contributed by atoms with Crippen molar-refractivity contribution in [2.45, 2.75) is 37.3 Å². The van der Waals surface area contributed by atoms with Crippen molar-refractivity contribution >= 4 is 0 Å². The van der Waals surface area contributed by atoms with Crippen LogP contribution in [0.2, 0.25) is 0 Å². The molecule has 76 valence electrons. The molecule has 0 spiro atoms. The Balaban J connectivity index is 1.76. The van der Waals surface area contributed by atoms with Crippen molar-refractivity contribution in [2.24, 2.45) is 0 Å². The lowest BCUT2D eigenvalue weighted by atomic mass is 9.92. The van der Waals surface area contributed by atoms with Crippen LogP contribution in [-0.2, 0) is 4.74 Å². The zero-order chi connectivity index (χ0) is 9.31. The van der Waals surface area contributed by atoms with E-state index in [0.29, 0.717) is 6.61 Å². The Morgan fingerprint density at radius 1 is 1.38 bits per heavy atom. The van der Waals surface area contributed by atoms with E-state index in [9.17, 15) is 5.11 Å². The highest BCUT2D eigenvalue weighted by molar-refractivity contribution is 4.99. The third kappa shape index (κ3) is 1.87. The summed E-state index contributed by atoms with van der Waals surface area (Å²) >= 11 is 0. The number of nitrogens with zero attached hydrogens (tertiary/aromatic N) is 1. The van der Waals surface area contributed by atoms with Crippen molar-refractivity contribution in [1.82, 2.24) is 4.90 Å². The van der Waals surface area contributed by atoms with Crippen LogP contribution in [-0.4, -0.2) is 48.5 Å².